The molecule has 1 heterocycles. The maximum absolute atomic E-state index is 11.2. The fourth-order valence-corrected chi connectivity index (χ4v) is 6.81. The summed E-state index contributed by atoms with van der Waals surface area (Å²) in [6.45, 7) is 30.4. The minimum absolute atomic E-state index is 0. The van der Waals surface area contributed by atoms with Crippen LogP contribution in [-0.2, 0) is 47.6 Å². The SMILES string of the molecule is C=C=Cc1cccc2c1CCO2.CC(C)(C)c1cc(C=N[C@@H]2CCCC[C@H]2N=Cc2cc(C(C)(C)C)cc(C(C)(C)C)c2O)c(O)c(C(C)(C)C)c1.[Ru]. The minimum atomic E-state index is -0.179. The van der Waals surface area contributed by atoms with Crippen LogP contribution in [0.25, 0.3) is 6.08 Å². The van der Waals surface area contributed by atoms with Gasteiger partial charge in [0.05, 0.1) is 18.7 Å². The molecule has 1 aliphatic heterocycles. The summed E-state index contributed by atoms with van der Waals surface area (Å²) in [5, 5.41) is 22.5. The van der Waals surface area contributed by atoms with Crippen LogP contribution in [0.4, 0.5) is 0 Å². The summed E-state index contributed by atoms with van der Waals surface area (Å²) in [7, 11) is 0. The average Bonchev–Trinajstić information content (AvgIpc) is 3.53. The first-order valence-electron chi connectivity index (χ1n) is 19.0. The first kappa shape index (κ1) is 43.9. The maximum atomic E-state index is 11.2. The van der Waals surface area contributed by atoms with Gasteiger partial charge in [-0.3, -0.25) is 9.98 Å². The van der Waals surface area contributed by atoms with Crippen LogP contribution < -0.4 is 4.74 Å². The quantitative estimate of drug-likeness (QED) is 0.153. The molecule has 6 heteroatoms. The molecule has 0 saturated heterocycles. The van der Waals surface area contributed by atoms with Gasteiger partial charge in [-0.2, -0.15) is 0 Å². The summed E-state index contributed by atoms with van der Waals surface area (Å²) >= 11 is 0. The number of hydrogen-bond acceptors (Lipinski definition) is 5. The van der Waals surface area contributed by atoms with Crippen LogP contribution >= 0.6 is 0 Å². The Morgan fingerprint density at radius 3 is 1.53 bits per heavy atom. The van der Waals surface area contributed by atoms with Crippen LogP contribution in [0, 0.1) is 0 Å². The molecule has 0 spiro atoms. The third kappa shape index (κ3) is 11.3. The smallest absolute Gasteiger partial charge is 0.128 e. The third-order valence-corrected chi connectivity index (χ3v) is 10.2. The van der Waals surface area contributed by atoms with E-state index in [2.05, 4.69) is 126 Å². The van der Waals surface area contributed by atoms with Crippen molar-refractivity contribution in [3.05, 3.63) is 99.3 Å². The van der Waals surface area contributed by atoms with E-state index in [0.29, 0.717) is 11.5 Å². The molecule has 2 N–H and O–H groups in total. The van der Waals surface area contributed by atoms with E-state index in [4.69, 9.17) is 14.7 Å². The molecule has 2 atom stereocenters. The molecular formula is C47H64N2O3Ru. The van der Waals surface area contributed by atoms with E-state index in [0.717, 1.165) is 66.7 Å². The number of phenols is 2. The predicted molar refractivity (Wildman–Crippen MR) is 221 cm³/mol. The molecule has 3 aromatic rings. The van der Waals surface area contributed by atoms with Crippen molar-refractivity contribution >= 4 is 18.5 Å². The Kier molecular flexibility index (Phi) is 14.4. The molecule has 5 rings (SSSR count). The molecule has 0 unspecified atom stereocenters. The number of rotatable bonds is 5. The number of phenolic OH excluding ortho intramolecular Hbond substituents is 2. The first-order chi connectivity index (χ1) is 24.1. The van der Waals surface area contributed by atoms with E-state index in [1.54, 1.807) is 0 Å². The largest absolute Gasteiger partial charge is 0.507 e. The molecule has 1 fully saturated rings. The zero-order valence-corrected chi connectivity index (χ0v) is 36.2. The molecule has 0 amide bonds. The van der Waals surface area contributed by atoms with Crippen LogP contribution in [0.3, 0.4) is 0 Å². The van der Waals surface area contributed by atoms with Crippen molar-refractivity contribution in [1.82, 2.24) is 0 Å². The number of nitrogens with zero attached hydrogens (tertiary/aromatic N) is 2. The van der Waals surface area contributed by atoms with E-state index < -0.39 is 0 Å². The Hall–Kier alpha value is -3.46. The van der Waals surface area contributed by atoms with Crippen LogP contribution in [0.2, 0.25) is 0 Å². The van der Waals surface area contributed by atoms with Gasteiger partial charge >= 0.3 is 0 Å². The molecule has 3 aromatic carbocycles. The Balaban J connectivity index is 0.000000488. The topological polar surface area (TPSA) is 74.4 Å². The van der Waals surface area contributed by atoms with Crippen molar-refractivity contribution in [2.24, 2.45) is 9.98 Å². The van der Waals surface area contributed by atoms with Gasteiger partial charge in [0.1, 0.15) is 17.2 Å². The van der Waals surface area contributed by atoms with E-state index in [-0.39, 0.29) is 53.2 Å². The van der Waals surface area contributed by atoms with Gasteiger partial charge in [0.15, 0.2) is 0 Å². The Bertz CT molecular complexity index is 1740. The second-order valence-corrected chi connectivity index (χ2v) is 18.7. The van der Waals surface area contributed by atoms with Crippen molar-refractivity contribution < 1.29 is 34.4 Å². The summed E-state index contributed by atoms with van der Waals surface area (Å²) in [6.07, 6.45) is 10.8. The van der Waals surface area contributed by atoms with Gasteiger partial charge < -0.3 is 14.9 Å². The summed E-state index contributed by atoms with van der Waals surface area (Å²) in [5.74, 6) is 1.65. The van der Waals surface area contributed by atoms with Gasteiger partial charge in [0, 0.05) is 66.1 Å². The number of hydrogen-bond donors (Lipinski definition) is 2. The van der Waals surface area contributed by atoms with Crippen molar-refractivity contribution in [3.63, 3.8) is 0 Å². The first-order valence-corrected chi connectivity index (χ1v) is 19.0. The van der Waals surface area contributed by atoms with Crippen molar-refractivity contribution in [3.8, 4) is 17.2 Å². The molecular weight excluding hydrogens is 742 g/mol. The third-order valence-electron chi connectivity index (χ3n) is 10.2. The molecule has 5 nitrogen and oxygen atoms in total. The van der Waals surface area contributed by atoms with Gasteiger partial charge in [-0.1, -0.05) is 127 Å². The van der Waals surface area contributed by atoms with Gasteiger partial charge in [-0.05, 0) is 75.5 Å². The summed E-state index contributed by atoms with van der Waals surface area (Å²) < 4.78 is 5.42. The van der Waals surface area contributed by atoms with Crippen LogP contribution in [0.15, 0.2) is 64.8 Å². The molecule has 288 valence electrons. The number of aliphatic imine (C=N–C) groups is 2. The van der Waals surface area contributed by atoms with Gasteiger partial charge in [-0.15, -0.1) is 5.73 Å². The van der Waals surface area contributed by atoms with E-state index in [1.807, 2.05) is 30.6 Å². The molecule has 1 aliphatic carbocycles. The number of fused-ring (bicyclic) bond motifs is 1. The summed E-state index contributed by atoms with van der Waals surface area (Å²) in [4.78, 5) is 10.1. The Morgan fingerprint density at radius 2 is 1.13 bits per heavy atom. The summed E-state index contributed by atoms with van der Waals surface area (Å²) in [6, 6.07) is 14.6. The Morgan fingerprint density at radius 1 is 0.679 bits per heavy atom. The zero-order valence-electron chi connectivity index (χ0n) is 34.4. The van der Waals surface area contributed by atoms with Crippen molar-refractivity contribution in [2.45, 2.75) is 149 Å². The van der Waals surface area contributed by atoms with Crippen LogP contribution in [0.5, 0.6) is 17.2 Å². The van der Waals surface area contributed by atoms with Crippen LogP contribution in [0.1, 0.15) is 153 Å². The second-order valence-electron chi connectivity index (χ2n) is 18.7. The predicted octanol–water partition coefficient (Wildman–Crippen LogP) is 11.6. The maximum Gasteiger partial charge on any atom is 0.128 e. The summed E-state index contributed by atoms with van der Waals surface area (Å²) in [5.41, 5.74) is 10.6. The molecule has 2 aliphatic rings. The second kappa shape index (κ2) is 17.3. The standard InChI is InChI=1S/C36H54N2O2.C11H10O.Ru/c1-33(2,3)25-17-23(31(39)27(19-25)35(7,8)9)21-37-29-15-13-14-16-30(29)38-22-24-18-26(34(4,5)6)20-28(32(24)40)36(10,11)12;1-2-4-9-5-3-6-11-10(9)7-8-12-11;/h17-22,29-30,39-40H,13-16H2,1-12H3;3-6H,1,7-8H2;/t29-,30-;;/m1../s1. The Labute approximate surface area is 333 Å². The number of aromatic hydroxyl groups is 2. The normalized spacial score (nSPS) is 17.7. The fraction of sp³-hybridized carbons (Fsp3) is 0.511. The van der Waals surface area contributed by atoms with Crippen molar-refractivity contribution in [2.75, 3.05) is 6.61 Å². The molecule has 0 bridgehead atoms. The molecule has 1 saturated carbocycles. The molecule has 0 aromatic heterocycles. The van der Waals surface area contributed by atoms with Gasteiger partial charge in [0.2, 0.25) is 0 Å². The fourth-order valence-electron chi connectivity index (χ4n) is 6.81. The van der Waals surface area contributed by atoms with Crippen molar-refractivity contribution in [1.29, 1.82) is 0 Å². The van der Waals surface area contributed by atoms with Gasteiger partial charge in [0.25, 0.3) is 0 Å². The van der Waals surface area contributed by atoms with E-state index in [1.165, 1.54) is 22.3 Å². The number of ether oxygens (including phenoxy) is 1. The molecule has 0 radical (unpaired) electrons. The minimum Gasteiger partial charge on any atom is -0.507 e. The van der Waals surface area contributed by atoms with E-state index in [9.17, 15) is 10.2 Å². The number of benzene rings is 3. The monoisotopic (exact) mass is 806 g/mol. The average molecular weight is 806 g/mol. The van der Waals surface area contributed by atoms with E-state index >= 15 is 0 Å². The molecule has 53 heavy (non-hydrogen) atoms. The van der Waals surface area contributed by atoms with Gasteiger partial charge in [-0.25, -0.2) is 0 Å². The zero-order chi connectivity index (χ0) is 38.6. The van der Waals surface area contributed by atoms with Crippen LogP contribution in [-0.4, -0.2) is 41.3 Å².